The molecule has 2 unspecified atom stereocenters. The number of likely N-dealkylation sites (tertiary alicyclic amines) is 1. The molecule has 2 fully saturated rings. The molecule has 0 radical (unpaired) electrons. The molecule has 158 valence electrons. The molecule has 28 heavy (non-hydrogen) atoms. The first-order chi connectivity index (χ1) is 13.1. The Morgan fingerprint density at radius 1 is 1.32 bits per heavy atom. The van der Waals surface area contributed by atoms with Gasteiger partial charge in [0.2, 0.25) is 0 Å². The largest absolute Gasteiger partial charge is 0.379 e. The van der Waals surface area contributed by atoms with Gasteiger partial charge in [0.1, 0.15) is 5.82 Å². The molecule has 2 atom stereocenters. The molecule has 6 nitrogen and oxygen atoms in total. The number of hydrogen-bond acceptors (Lipinski definition) is 4. The topological polar surface area (TPSA) is 43.3 Å². The van der Waals surface area contributed by atoms with Gasteiger partial charge in [-0.3, -0.25) is 9.89 Å². The number of benzene rings is 1. The summed E-state index contributed by atoms with van der Waals surface area (Å²) in [6.07, 6.45) is 1.15. The van der Waals surface area contributed by atoms with E-state index in [1.165, 1.54) is 6.07 Å². The minimum absolute atomic E-state index is 0. The second-order valence-electron chi connectivity index (χ2n) is 7.50. The third kappa shape index (κ3) is 6.01. The van der Waals surface area contributed by atoms with Crippen molar-refractivity contribution in [3.05, 3.63) is 35.6 Å². The van der Waals surface area contributed by atoms with Crippen molar-refractivity contribution in [3.8, 4) is 0 Å². The van der Waals surface area contributed by atoms with E-state index in [1.807, 2.05) is 27.2 Å². The number of nitrogens with one attached hydrogen (secondary N) is 1. The highest BCUT2D eigenvalue weighted by atomic mass is 127. The zero-order chi connectivity index (χ0) is 19.2. The molecule has 3 rings (SSSR count). The average molecular weight is 505 g/mol. The normalized spacial score (nSPS) is 22.2. The Morgan fingerprint density at radius 3 is 2.71 bits per heavy atom. The number of hydrogen-bond donors (Lipinski definition) is 1. The van der Waals surface area contributed by atoms with E-state index < -0.39 is 0 Å². The van der Waals surface area contributed by atoms with Gasteiger partial charge in [-0.25, -0.2) is 4.39 Å². The van der Waals surface area contributed by atoms with Gasteiger partial charge in [-0.2, -0.15) is 0 Å². The van der Waals surface area contributed by atoms with Crippen LogP contribution in [0.4, 0.5) is 4.39 Å². The van der Waals surface area contributed by atoms with Gasteiger partial charge in [0.05, 0.1) is 19.3 Å². The molecule has 0 spiro atoms. The van der Waals surface area contributed by atoms with Crippen LogP contribution in [0.1, 0.15) is 18.0 Å². The van der Waals surface area contributed by atoms with Crippen molar-refractivity contribution in [1.29, 1.82) is 0 Å². The molecule has 2 saturated heterocycles. The van der Waals surface area contributed by atoms with Gasteiger partial charge in [0, 0.05) is 45.8 Å². The van der Waals surface area contributed by atoms with E-state index in [1.54, 1.807) is 12.1 Å². The first-order valence-electron chi connectivity index (χ1n) is 9.77. The first kappa shape index (κ1) is 23.3. The van der Waals surface area contributed by atoms with Crippen LogP contribution >= 0.6 is 24.0 Å². The predicted octanol–water partition coefficient (Wildman–Crippen LogP) is 2.03. The molecular formula is C20H33FIN5O. The lowest BCUT2D eigenvalue weighted by molar-refractivity contribution is 0.0195. The maximum absolute atomic E-state index is 13.6. The molecule has 0 aromatic heterocycles. The van der Waals surface area contributed by atoms with Gasteiger partial charge in [-0.1, -0.05) is 12.1 Å². The molecule has 0 aliphatic carbocycles. The Balaban J connectivity index is 0.00000280. The summed E-state index contributed by atoms with van der Waals surface area (Å²) in [4.78, 5) is 11.5. The molecule has 2 aliphatic heterocycles. The van der Waals surface area contributed by atoms with Crippen LogP contribution in [-0.2, 0) is 4.74 Å². The highest BCUT2D eigenvalue weighted by Crippen LogP contribution is 2.20. The Morgan fingerprint density at radius 2 is 2.07 bits per heavy atom. The van der Waals surface area contributed by atoms with Gasteiger partial charge in [-0.15, -0.1) is 24.0 Å². The molecule has 1 aromatic carbocycles. The maximum atomic E-state index is 13.6. The summed E-state index contributed by atoms with van der Waals surface area (Å²) in [5, 5.41) is 3.50. The Hall–Kier alpha value is -0.970. The van der Waals surface area contributed by atoms with E-state index in [0.29, 0.717) is 12.6 Å². The predicted molar refractivity (Wildman–Crippen MR) is 122 cm³/mol. The standard InChI is InChI=1S/C20H32FN5O.HI/c1-22-20(26-8-7-18(15-26)25-9-11-27-12-10-25)23-14-19(24(2)3)16-5-4-6-17(21)13-16;/h4-6,13,18-19H,7-12,14-15H2,1-3H3,(H,22,23);1H. The van der Waals surface area contributed by atoms with Crippen LogP contribution in [0.15, 0.2) is 29.3 Å². The fourth-order valence-electron chi connectivity index (χ4n) is 4.01. The summed E-state index contributed by atoms with van der Waals surface area (Å²) in [5.41, 5.74) is 0.968. The van der Waals surface area contributed by atoms with Crippen molar-refractivity contribution in [2.45, 2.75) is 18.5 Å². The van der Waals surface area contributed by atoms with Gasteiger partial charge < -0.3 is 19.9 Å². The minimum Gasteiger partial charge on any atom is -0.379 e. The average Bonchev–Trinajstić information content (AvgIpc) is 3.15. The summed E-state index contributed by atoms with van der Waals surface area (Å²) in [6.45, 7) is 6.39. The van der Waals surface area contributed by atoms with Gasteiger partial charge in [0.15, 0.2) is 5.96 Å². The van der Waals surface area contributed by atoms with E-state index in [-0.39, 0.29) is 35.8 Å². The summed E-state index contributed by atoms with van der Waals surface area (Å²) < 4.78 is 19.1. The third-order valence-electron chi connectivity index (χ3n) is 5.55. The third-order valence-corrected chi connectivity index (χ3v) is 5.55. The fraction of sp³-hybridized carbons (Fsp3) is 0.650. The highest BCUT2D eigenvalue weighted by Gasteiger charge is 2.30. The molecule has 2 heterocycles. The van der Waals surface area contributed by atoms with Crippen LogP contribution in [0, 0.1) is 5.82 Å². The number of guanidine groups is 1. The number of rotatable bonds is 5. The summed E-state index contributed by atoms with van der Waals surface area (Å²) in [7, 11) is 5.87. The Kier molecular flexibility index (Phi) is 9.39. The number of halogens is 2. The van der Waals surface area contributed by atoms with Crippen LogP contribution < -0.4 is 5.32 Å². The van der Waals surface area contributed by atoms with Gasteiger partial charge in [0.25, 0.3) is 0 Å². The molecule has 8 heteroatoms. The second kappa shape index (κ2) is 11.3. The minimum atomic E-state index is -0.198. The van der Waals surface area contributed by atoms with Crippen LogP contribution in [0.5, 0.6) is 0 Å². The van der Waals surface area contributed by atoms with Crippen LogP contribution in [-0.4, -0.2) is 93.8 Å². The van der Waals surface area contributed by atoms with Crippen molar-refractivity contribution >= 4 is 29.9 Å². The van der Waals surface area contributed by atoms with E-state index in [4.69, 9.17) is 4.74 Å². The summed E-state index contributed by atoms with van der Waals surface area (Å²) in [6, 6.07) is 7.49. The smallest absolute Gasteiger partial charge is 0.193 e. The summed E-state index contributed by atoms with van der Waals surface area (Å²) in [5.74, 6) is 0.727. The lowest BCUT2D eigenvalue weighted by Gasteiger charge is -2.32. The number of ether oxygens (including phenoxy) is 1. The SMILES string of the molecule is CN=C(NCC(c1cccc(F)c1)N(C)C)N1CCC(N2CCOCC2)C1.I. The number of likely N-dealkylation sites (N-methyl/N-ethyl adjacent to an activating group) is 1. The van der Waals surface area contributed by atoms with Crippen LogP contribution in [0.3, 0.4) is 0 Å². The molecule has 0 bridgehead atoms. The van der Waals surface area contributed by atoms with E-state index >= 15 is 0 Å². The second-order valence-corrected chi connectivity index (χ2v) is 7.50. The maximum Gasteiger partial charge on any atom is 0.193 e. The zero-order valence-corrected chi connectivity index (χ0v) is 19.4. The molecular weight excluding hydrogens is 472 g/mol. The highest BCUT2D eigenvalue weighted by molar-refractivity contribution is 14.0. The first-order valence-corrected chi connectivity index (χ1v) is 9.77. The zero-order valence-electron chi connectivity index (χ0n) is 17.1. The monoisotopic (exact) mass is 505 g/mol. The van der Waals surface area contributed by atoms with Gasteiger partial charge >= 0.3 is 0 Å². The van der Waals surface area contributed by atoms with Gasteiger partial charge in [-0.05, 0) is 38.2 Å². The summed E-state index contributed by atoms with van der Waals surface area (Å²) >= 11 is 0. The quantitative estimate of drug-likeness (QED) is 0.377. The molecule has 2 aliphatic rings. The van der Waals surface area contributed by atoms with Crippen molar-refractivity contribution < 1.29 is 9.13 Å². The fourth-order valence-corrected chi connectivity index (χ4v) is 4.01. The van der Waals surface area contributed by atoms with Crippen molar-refractivity contribution in [2.75, 3.05) is 67.1 Å². The van der Waals surface area contributed by atoms with Crippen LogP contribution in [0.25, 0.3) is 0 Å². The Labute approximate surface area is 185 Å². The lowest BCUT2D eigenvalue weighted by atomic mass is 10.1. The molecule has 1 N–H and O–H groups in total. The molecule has 1 aromatic rings. The number of aliphatic imine (C=N–C) groups is 1. The van der Waals surface area contributed by atoms with E-state index in [0.717, 1.165) is 57.3 Å². The van der Waals surface area contributed by atoms with Crippen LogP contribution in [0.2, 0.25) is 0 Å². The number of nitrogens with zero attached hydrogens (tertiary/aromatic N) is 4. The molecule has 0 amide bonds. The van der Waals surface area contributed by atoms with E-state index in [9.17, 15) is 4.39 Å². The Bertz CT molecular complexity index is 639. The van der Waals surface area contributed by atoms with Crippen molar-refractivity contribution in [1.82, 2.24) is 20.0 Å². The molecule has 0 saturated carbocycles. The van der Waals surface area contributed by atoms with Crippen molar-refractivity contribution in [2.24, 2.45) is 4.99 Å². The van der Waals surface area contributed by atoms with Crippen molar-refractivity contribution in [3.63, 3.8) is 0 Å². The number of morpholine rings is 1. The van der Waals surface area contributed by atoms with E-state index in [2.05, 4.69) is 25.0 Å². The lowest BCUT2D eigenvalue weighted by Crippen LogP contribution is -2.47.